The van der Waals surface area contributed by atoms with Gasteiger partial charge in [0, 0.05) is 88.9 Å². The number of benzene rings is 2. The first-order valence-corrected chi connectivity index (χ1v) is 27.0. The lowest BCUT2D eigenvalue weighted by Crippen LogP contribution is -2.63. The number of halogens is 2. The average molecular weight is 970 g/mol. The molecule has 4 aromatic rings. The highest BCUT2D eigenvalue weighted by Crippen LogP contribution is 2.69. The molecule has 12 heteroatoms. The molecule has 0 bridgehead atoms. The van der Waals surface area contributed by atoms with Crippen molar-refractivity contribution in [3.8, 4) is 0 Å². The molecule has 10 nitrogen and oxygen atoms in total. The van der Waals surface area contributed by atoms with Gasteiger partial charge in [0.25, 0.3) is 0 Å². The van der Waals surface area contributed by atoms with Crippen LogP contribution in [-0.4, -0.2) is 72.9 Å². The molecule has 4 aliphatic rings. The van der Waals surface area contributed by atoms with Gasteiger partial charge >= 0.3 is 11.9 Å². The van der Waals surface area contributed by atoms with Gasteiger partial charge in [-0.2, -0.15) is 0 Å². The summed E-state index contributed by atoms with van der Waals surface area (Å²) < 4.78 is 12.9. The Balaban J connectivity index is 0.800. The van der Waals surface area contributed by atoms with E-state index >= 15 is 0 Å². The summed E-state index contributed by atoms with van der Waals surface area (Å²) in [5.41, 5.74) is 4.00. The fourth-order valence-electron chi connectivity index (χ4n) is 14.2. The minimum absolute atomic E-state index is 0.0925. The van der Waals surface area contributed by atoms with E-state index < -0.39 is 0 Å². The number of anilines is 2. The fraction of sp³-hybridized carbons (Fsp3) is 0.643. The van der Waals surface area contributed by atoms with E-state index in [0.29, 0.717) is 45.7 Å². The summed E-state index contributed by atoms with van der Waals surface area (Å²) in [5.74, 6) is 2.06. The molecule has 4 aliphatic carbocycles. The van der Waals surface area contributed by atoms with Gasteiger partial charge in [-0.15, -0.1) is 0 Å². The summed E-state index contributed by atoms with van der Waals surface area (Å²) >= 11 is 12.4. The number of hydrogen-bond acceptors (Lipinski definition) is 10. The van der Waals surface area contributed by atoms with Crippen LogP contribution >= 0.6 is 23.2 Å². The molecule has 0 amide bonds. The van der Waals surface area contributed by atoms with E-state index in [-0.39, 0.29) is 40.9 Å². The van der Waals surface area contributed by atoms with Crippen LogP contribution in [0.2, 0.25) is 10.0 Å². The fourth-order valence-corrected chi connectivity index (χ4v) is 14.5. The quantitative estimate of drug-likeness (QED) is 0.0447. The summed E-state index contributed by atoms with van der Waals surface area (Å²) in [5, 5.41) is 18.5. The Labute approximate surface area is 415 Å². The highest BCUT2D eigenvalue weighted by Gasteiger charge is 2.67. The van der Waals surface area contributed by atoms with Crippen molar-refractivity contribution < 1.29 is 19.1 Å². The zero-order valence-corrected chi connectivity index (χ0v) is 42.9. The highest BCUT2D eigenvalue weighted by atomic mass is 35.5. The number of carbonyl (C=O) groups excluding carboxylic acids is 2. The van der Waals surface area contributed by atoms with Crippen LogP contribution in [0.3, 0.4) is 0 Å². The van der Waals surface area contributed by atoms with E-state index in [1.165, 1.54) is 12.8 Å². The minimum atomic E-state index is -0.170. The van der Waals surface area contributed by atoms with E-state index in [0.717, 1.165) is 149 Å². The number of rotatable bonds is 22. The van der Waals surface area contributed by atoms with E-state index in [4.69, 9.17) is 32.7 Å². The second kappa shape index (κ2) is 23.0. The van der Waals surface area contributed by atoms with Crippen molar-refractivity contribution in [1.29, 1.82) is 0 Å². The Morgan fingerprint density at radius 1 is 0.706 bits per heavy atom. The Hall–Kier alpha value is -3.70. The molecule has 2 aromatic heterocycles. The Morgan fingerprint density at radius 2 is 1.31 bits per heavy atom. The molecule has 4 fully saturated rings. The third kappa shape index (κ3) is 11.6. The van der Waals surface area contributed by atoms with Gasteiger partial charge in [-0.3, -0.25) is 19.6 Å². The summed E-state index contributed by atoms with van der Waals surface area (Å²) in [7, 11) is 0. The molecular formula is C56H78Cl2N6O4. The second-order valence-electron chi connectivity index (χ2n) is 21.6. The second-order valence-corrected chi connectivity index (χ2v) is 22.4. The first-order chi connectivity index (χ1) is 32.8. The van der Waals surface area contributed by atoms with Crippen molar-refractivity contribution in [3.05, 3.63) is 71.0 Å². The van der Waals surface area contributed by atoms with Gasteiger partial charge in [-0.05, 0) is 187 Å². The van der Waals surface area contributed by atoms with Crippen LogP contribution in [-0.2, 0) is 19.1 Å². The van der Waals surface area contributed by atoms with Gasteiger partial charge in [0.15, 0.2) is 0 Å². The van der Waals surface area contributed by atoms with E-state index in [2.05, 4.69) is 52.0 Å². The minimum Gasteiger partial charge on any atom is -0.462 e. The van der Waals surface area contributed by atoms with Crippen molar-refractivity contribution in [1.82, 2.24) is 20.6 Å². The van der Waals surface area contributed by atoms with Crippen molar-refractivity contribution in [2.75, 3.05) is 43.4 Å². The summed E-state index contributed by atoms with van der Waals surface area (Å²) in [6, 6.07) is 16.3. The topological polar surface area (TPSA) is 126 Å². The molecule has 4 N–H and O–H groups in total. The van der Waals surface area contributed by atoms with Crippen LogP contribution in [0.4, 0.5) is 11.4 Å². The lowest BCUT2D eigenvalue weighted by atomic mass is 9.43. The van der Waals surface area contributed by atoms with Crippen molar-refractivity contribution >= 4 is 68.3 Å². The summed E-state index contributed by atoms with van der Waals surface area (Å²) in [6.07, 6.45) is 20.0. The standard InChI is InChI=1S/C56H78Cl2N6O4/c1-36(13-12-25-59-24-10-11-28-62-49-22-30-64-51-34-41(58)15-17-44(49)51)45-18-19-46-54-47(35-53(56(45,46)5)68-38(3)66)55(4)23-20-42(31-39(55)32-52(54)67-37(2)65)60-26-8-6-7-9-27-61-48-21-29-63-50-33-40(57)14-16-43(48)50/h14-17,21-22,29-30,33-34,36,39,42,45-47,52-54,59-60H,6-13,18-20,23-28,31-32,35H2,1-5H3,(H,61,63)(H,62,64)/t36-,39+,42-,45-,46+,47+,52-,53+,54+,55+,56-/m1/s1. The first-order valence-electron chi connectivity index (χ1n) is 26.2. The number of fused-ring (bicyclic) bond motifs is 7. The van der Waals surface area contributed by atoms with Crippen LogP contribution in [0.25, 0.3) is 21.8 Å². The molecule has 68 heavy (non-hydrogen) atoms. The van der Waals surface area contributed by atoms with Crippen LogP contribution < -0.4 is 21.3 Å². The van der Waals surface area contributed by atoms with Crippen molar-refractivity contribution in [2.24, 2.45) is 46.3 Å². The van der Waals surface area contributed by atoms with Gasteiger partial charge in [-0.1, -0.05) is 56.8 Å². The highest BCUT2D eigenvalue weighted by molar-refractivity contribution is 6.31. The Bertz CT molecular complexity index is 2330. The van der Waals surface area contributed by atoms with E-state index in [9.17, 15) is 9.59 Å². The molecule has 370 valence electrons. The molecule has 2 aromatic carbocycles. The maximum absolute atomic E-state index is 13.0. The van der Waals surface area contributed by atoms with Gasteiger partial charge in [0.05, 0.1) is 11.0 Å². The number of esters is 2. The number of nitrogens with zero attached hydrogens (tertiary/aromatic N) is 2. The molecule has 0 radical (unpaired) electrons. The smallest absolute Gasteiger partial charge is 0.302 e. The SMILES string of the molecule is CC(=O)O[C@H]1C[C@H]2[C@@H]([C@H](OC(C)=O)C[C@@H]3C[C@H](NCCCCCCNc4ccnc5cc(Cl)ccc45)CC[C@@]32C)[C@@H]2CC[C@H]([C@H](C)CCCNCCCCNc3ccnc4cc(Cl)ccc34)[C@@]12C. The lowest BCUT2D eigenvalue weighted by molar-refractivity contribution is -0.220. The number of aromatic nitrogens is 2. The molecule has 0 spiro atoms. The zero-order valence-electron chi connectivity index (χ0n) is 41.4. The largest absolute Gasteiger partial charge is 0.462 e. The summed E-state index contributed by atoms with van der Waals surface area (Å²) in [6.45, 7) is 15.5. The predicted octanol–water partition coefficient (Wildman–Crippen LogP) is 12.7. The predicted molar refractivity (Wildman–Crippen MR) is 278 cm³/mol. The maximum atomic E-state index is 13.0. The average Bonchev–Trinajstić information content (AvgIpc) is 3.67. The van der Waals surface area contributed by atoms with E-state index in [1.54, 1.807) is 13.8 Å². The monoisotopic (exact) mass is 969 g/mol. The number of unbranched alkanes of at least 4 members (excludes halogenated alkanes) is 4. The number of pyridine rings is 2. The van der Waals surface area contributed by atoms with Gasteiger partial charge in [0.2, 0.25) is 0 Å². The van der Waals surface area contributed by atoms with Crippen molar-refractivity contribution in [3.63, 3.8) is 0 Å². The van der Waals surface area contributed by atoms with Crippen LogP contribution in [0.1, 0.15) is 131 Å². The van der Waals surface area contributed by atoms with Gasteiger partial charge in [0.1, 0.15) is 12.2 Å². The molecule has 0 unspecified atom stereocenters. The third-order valence-electron chi connectivity index (χ3n) is 17.5. The number of nitrogens with one attached hydrogen (secondary N) is 4. The Kier molecular flexibility index (Phi) is 17.2. The molecule has 2 heterocycles. The van der Waals surface area contributed by atoms with Crippen molar-refractivity contribution in [2.45, 2.75) is 149 Å². The number of hydrogen-bond donors (Lipinski definition) is 4. The number of carbonyl (C=O) groups is 2. The van der Waals surface area contributed by atoms with Gasteiger partial charge < -0.3 is 30.7 Å². The maximum Gasteiger partial charge on any atom is 0.302 e. The lowest BCUT2D eigenvalue weighted by Gasteiger charge is -2.64. The summed E-state index contributed by atoms with van der Waals surface area (Å²) in [4.78, 5) is 34.8. The van der Waals surface area contributed by atoms with Crippen LogP contribution in [0.5, 0.6) is 0 Å². The zero-order chi connectivity index (χ0) is 47.8. The molecule has 0 aliphatic heterocycles. The molecule has 0 saturated heterocycles. The number of ether oxygens (including phenoxy) is 2. The Morgan fingerprint density at radius 3 is 1.96 bits per heavy atom. The normalized spacial score (nSPS) is 29.2. The first kappa shape index (κ1) is 50.7. The third-order valence-corrected chi connectivity index (χ3v) is 18.0. The molecular weight excluding hydrogens is 892 g/mol. The molecule has 11 atom stereocenters. The van der Waals surface area contributed by atoms with Crippen LogP contribution in [0.15, 0.2) is 60.9 Å². The van der Waals surface area contributed by atoms with Crippen LogP contribution in [0, 0.1) is 46.3 Å². The molecule has 4 saturated carbocycles. The molecule has 8 rings (SSSR count). The van der Waals surface area contributed by atoms with Gasteiger partial charge in [-0.25, -0.2) is 0 Å². The van der Waals surface area contributed by atoms with E-state index in [1.807, 2.05) is 60.9 Å².